The minimum absolute atomic E-state index is 0.0279. The first-order valence-electron chi connectivity index (χ1n) is 9.40. The lowest BCUT2D eigenvalue weighted by atomic mass is 9.96. The molecule has 5 nitrogen and oxygen atoms in total. The van der Waals surface area contributed by atoms with Gasteiger partial charge >= 0.3 is 0 Å². The molecule has 1 amide bonds. The normalized spacial score (nSPS) is 13.6. The van der Waals surface area contributed by atoms with Gasteiger partial charge in [0.05, 0.1) is 16.4 Å². The second-order valence-electron chi connectivity index (χ2n) is 7.20. The van der Waals surface area contributed by atoms with Gasteiger partial charge in [-0.1, -0.05) is 6.07 Å². The van der Waals surface area contributed by atoms with Gasteiger partial charge in [0, 0.05) is 36.2 Å². The van der Waals surface area contributed by atoms with Crippen molar-refractivity contribution < 1.29 is 4.79 Å². The number of aromatic nitrogens is 3. The standard InChI is InChI=1S/C21H20N4OS2/c1-12(26)23-20-19(15-5-3-4-6-17(15)27-20)21-24-16-9-13(7-8-18(16)28-21)14-10-22-25(2)11-14/h7-11H,3-6H2,1-2H3,(H,23,26). The molecule has 0 fully saturated rings. The molecule has 0 bridgehead atoms. The highest BCUT2D eigenvalue weighted by molar-refractivity contribution is 7.23. The van der Waals surface area contributed by atoms with Crippen LogP contribution in [0.25, 0.3) is 31.9 Å². The van der Waals surface area contributed by atoms with Crippen molar-refractivity contribution in [2.24, 2.45) is 7.05 Å². The maximum absolute atomic E-state index is 11.8. The molecule has 5 rings (SSSR count). The van der Waals surface area contributed by atoms with Crippen molar-refractivity contribution in [3.8, 4) is 21.7 Å². The lowest BCUT2D eigenvalue weighted by molar-refractivity contribution is -0.114. The Hall–Kier alpha value is -2.51. The van der Waals surface area contributed by atoms with Crippen LogP contribution in [0.15, 0.2) is 30.6 Å². The Morgan fingerprint density at radius 1 is 1.18 bits per heavy atom. The van der Waals surface area contributed by atoms with Crippen LogP contribution in [0.1, 0.15) is 30.2 Å². The lowest BCUT2D eigenvalue weighted by Crippen LogP contribution is -2.05. The van der Waals surface area contributed by atoms with E-state index in [1.807, 2.05) is 24.1 Å². The second-order valence-corrected chi connectivity index (χ2v) is 9.34. The molecule has 1 aliphatic carbocycles. The Balaban J connectivity index is 1.63. The monoisotopic (exact) mass is 408 g/mol. The molecule has 7 heteroatoms. The molecular formula is C21H20N4OS2. The molecule has 1 aliphatic rings. The number of nitrogens with one attached hydrogen (secondary N) is 1. The maximum atomic E-state index is 11.8. The first-order valence-corrected chi connectivity index (χ1v) is 11.0. The number of hydrogen-bond acceptors (Lipinski definition) is 5. The number of thiazole rings is 1. The van der Waals surface area contributed by atoms with Crippen LogP contribution in [0.3, 0.4) is 0 Å². The summed E-state index contributed by atoms with van der Waals surface area (Å²) in [5.41, 5.74) is 5.72. The summed E-state index contributed by atoms with van der Waals surface area (Å²) in [4.78, 5) is 18.1. The van der Waals surface area contributed by atoms with Gasteiger partial charge in [-0.2, -0.15) is 5.10 Å². The molecule has 1 N–H and O–H groups in total. The smallest absolute Gasteiger partial charge is 0.221 e. The van der Waals surface area contributed by atoms with Gasteiger partial charge in [0.2, 0.25) is 5.91 Å². The third-order valence-electron chi connectivity index (χ3n) is 5.10. The summed E-state index contributed by atoms with van der Waals surface area (Å²) in [6.07, 6.45) is 8.48. The van der Waals surface area contributed by atoms with E-state index in [1.54, 1.807) is 29.6 Å². The number of aryl methyl sites for hydroxylation is 2. The third kappa shape index (κ3) is 3.04. The van der Waals surface area contributed by atoms with Crippen LogP contribution in [-0.4, -0.2) is 20.7 Å². The number of fused-ring (bicyclic) bond motifs is 2. The van der Waals surface area contributed by atoms with E-state index in [2.05, 4.69) is 28.6 Å². The average molecular weight is 409 g/mol. The molecule has 3 heterocycles. The minimum atomic E-state index is -0.0279. The number of amides is 1. The van der Waals surface area contributed by atoms with E-state index in [9.17, 15) is 4.79 Å². The van der Waals surface area contributed by atoms with Gasteiger partial charge in [0.25, 0.3) is 0 Å². The predicted molar refractivity (Wildman–Crippen MR) is 116 cm³/mol. The first kappa shape index (κ1) is 17.6. The Morgan fingerprint density at radius 3 is 2.82 bits per heavy atom. The van der Waals surface area contributed by atoms with E-state index in [-0.39, 0.29) is 5.91 Å². The molecule has 28 heavy (non-hydrogen) atoms. The number of anilines is 1. The fraction of sp³-hybridized carbons (Fsp3) is 0.286. The van der Waals surface area contributed by atoms with Crippen LogP contribution < -0.4 is 5.32 Å². The highest BCUT2D eigenvalue weighted by atomic mass is 32.1. The van der Waals surface area contributed by atoms with Crippen molar-refractivity contribution in [2.75, 3.05) is 5.32 Å². The summed E-state index contributed by atoms with van der Waals surface area (Å²) >= 11 is 3.42. The van der Waals surface area contributed by atoms with Crippen molar-refractivity contribution >= 4 is 43.8 Å². The lowest BCUT2D eigenvalue weighted by Gasteiger charge is -2.11. The molecule has 1 aromatic carbocycles. The van der Waals surface area contributed by atoms with Gasteiger partial charge in [-0.05, 0) is 48.9 Å². The zero-order valence-corrected chi connectivity index (χ0v) is 17.4. The third-order valence-corrected chi connectivity index (χ3v) is 7.36. The zero-order chi connectivity index (χ0) is 19.3. The predicted octanol–water partition coefficient (Wildman–Crippen LogP) is 5.26. The number of hydrogen-bond donors (Lipinski definition) is 1. The molecule has 0 radical (unpaired) electrons. The summed E-state index contributed by atoms with van der Waals surface area (Å²) in [5, 5.41) is 9.27. The molecular weight excluding hydrogens is 388 g/mol. The van der Waals surface area contributed by atoms with Crippen molar-refractivity contribution in [3.63, 3.8) is 0 Å². The SMILES string of the molecule is CC(=O)Nc1sc2c(c1-c1nc3cc(-c4cnn(C)c4)ccc3s1)CCCC2. The van der Waals surface area contributed by atoms with E-state index in [0.29, 0.717) is 0 Å². The summed E-state index contributed by atoms with van der Waals surface area (Å²) in [6.45, 7) is 1.57. The van der Waals surface area contributed by atoms with Crippen LogP contribution >= 0.6 is 22.7 Å². The van der Waals surface area contributed by atoms with Crippen LogP contribution in [0.2, 0.25) is 0 Å². The summed E-state index contributed by atoms with van der Waals surface area (Å²) in [7, 11) is 1.92. The number of thiophene rings is 1. The molecule has 0 unspecified atom stereocenters. The second kappa shape index (κ2) is 6.83. The quantitative estimate of drug-likeness (QED) is 0.503. The van der Waals surface area contributed by atoms with E-state index in [1.165, 1.54) is 23.3 Å². The van der Waals surface area contributed by atoms with Crippen molar-refractivity contribution in [2.45, 2.75) is 32.6 Å². The van der Waals surface area contributed by atoms with Crippen LogP contribution in [0.4, 0.5) is 5.00 Å². The largest absolute Gasteiger partial charge is 0.317 e. The number of benzene rings is 1. The van der Waals surface area contributed by atoms with E-state index >= 15 is 0 Å². The molecule has 0 aliphatic heterocycles. The fourth-order valence-corrected chi connectivity index (χ4v) is 6.25. The molecule has 0 atom stereocenters. The van der Waals surface area contributed by atoms with Gasteiger partial charge < -0.3 is 5.32 Å². The number of carbonyl (C=O) groups excluding carboxylic acids is 1. The Labute approximate surface area is 171 Å². The highest BCUT2D eigenvalue weighted by Gasteiger charge is 2.24. The molecule has 0 saturated heterocycles. The topological polar surface area (TPSA) is 59.8 Å². The van der Waals surface area contributed by atoms with Gasteiger partial charge in [-0.25, -0.2) is 4.98 Å². The van der Waals surface area contributed by atoms with Crippen LogP contribution in [0.5, 0.6) is 0 Å². The molecule has 0 spiro atoms. The number of nitrogens with zero attached hydrogens (tertiary/aromatic N) is 3. The van der Waals surface area contributed by atoms with Crippen LogP contribution in [-0.2, 0) is 24.7 Å². The van der Waals surface area contributed by atoms with Crippen LogP contribution in [0, 0.1) is 0 Å². The van der Waals surface area contributed by atoms with E-state index in [0.717, 1.165) is 49.8 Å². The average Bonchev–Trinajstić information content (AvgIpc) is 3.35. The van der Waals surface area contributed by atoms with E-state index < -0.39 is 0 Å². The highest BCUT2D eigenvalue weighted by Crippen LogP contribution is 2.46. The summed E-state index contributed by atoms with van der Waals surface area (Å²) < 4.78 is 2.97. The van der Waals surface area contributed by atoms with Gasteiger partial charge in [-0.3, -0.25) is 9.48 Å². The summed E-state index contributed by atoms with van der Waals surface area (Å²) in [6, 6.07) is 6.39. The molecule has 4 aromatic rings. The summed E-state index contributed by atoms with van der Waals surface area (Å²) in [5.74, 6) is -0.0279. The fourth-order valence-electron chi connectivity index (χ4n) is 3.82. The van der Waals surface area contributed by atoms with Crippen molar-refractivity contribution in [1.29, 1.82) is 0 Å². The zero-order valence-electron chi connectivity index (χ0n) is 15.8. The van der Waals surface area contributed by atoms with Gasteiger partial charge in [-0.15, -0.1) is 22.7 Å². The molecule has 142 valence electrons. The van der Waals surface area contributed by atoms with E-state index in [4.69, 9.17) is 4.98 Å². The van der Waals surface area contributed by atoms with Gasteiger partial charge in [0.15, 0.2) is 0 Å². The van der Waals surface area contributed by atoms with Gasteiger partial charge in [0.1, 0.15) is 10.0 Å². The van der Waals surface area contributed by atoms with Crippen molar-refractivity contribution in [3.05, 3.63) is 41.0 Å². The minimum Gasteiger partial charge on any atom is -0.317 e. The Morgan fingerprint density at radius 2 is 2.04 bits per heavy atom. The molecule has 3 aromatic heterocycles. The number of rotatable bonds is 3. The molecule has 0 saturated carbocycles. The number of carbonyl (C=O) groups is 1. The van der Waals surface area contributed by atoms with Crippen molar-refractivity contribution in [1.82, 2.24) is 14.8 Å². The Kier molecular flexibility index (Phi) is 4.29. The first-order chi connectivity index (χ1) is 13.6. The Bertz CT molecular complexity index is 1200. The maximum Gasteiger partial charge on any atom is 0.221 e.